The van der Waals surface area contributed by atoms with E-state index in [9.17, 15) is 18.0 Å². The number of hydrogen-bond acceptors (Lipinski definition) is 4. The van der Waals surface area contributed by atoms with Crippen molar-refractivity contribution in [3.05, 3.63) is 11.8 Å². The van der Waals surface area contributed by atoms with Gasteiger partial charge < -0.3 is 16.0 Å². The van der Waals surface area contributed by atoms with Gasteiger partial charge in [-0.3, -0.25) is 9.79 Å². The van der Waals surface area contributed by atoms with Crippen LogP contribution in [0, 0.1) is 0 Å². The Morgan fingerprint density at radius 2 is 1.75 bits per heavy atom. The third-order valence-corrected chi connectivity index (χ3v) is 5.10. The Morgan fingerprint density at radius 3 is 2.21 bits per heavy atom. The molecular weight excluding hydrogens is 369 g/mol. The molecule has 162 valence electrons. The van der Waals surface area contributed by atoms with Gasteiger partial charge >= 0.3 is 6.18 Å². The van der Waals surface area contributed by atoms with E-state index in [1.54, 1.807) is 20.8 Å². The van der Waals surface area contributed by atoms with Crippen LogP contribution < -0.4 is 16.0 Å². The minimum absolute atomic E-state index is 0.0659. The molecule has 8 heteroatoms. The van der Waals surface area contributed by atoms with Gasteiger partial charge in [-0.25, -0.2) is 0 Å². The molecule has 0 saturated heterocycles. The maximum atomic E-state index is 12.6. The lowest BCUT2D eigenvalue weighted by Crippen LogP contribution is -2.52. The molecule has 1 amide bonds. The molecular formula is C20H35F3N4O. The molecule has 0 spiro atoms. The van der Waals surface area contributed by atoms with Crippen LogP contribution in [-0.2, 0) is 4.79 Å². The van der Waals surface area contributed by atoms with Crippen LogP contribution in [0.25, 0.3) is 0 Å². The summed E-state index contributed by atoms with van der Waals surface area (Å²) in [5, 5.41) is 8.98. The van der Waals surface area contributed by atoms with Crippen LogP contribution in [0.2, 0.25) is 0 Å². The van der Waals surface area contributed by atoms with E-state index in [4.69, 9.17) is 4.99 Å². The third kappa shape index (κ3) is 8.31. The molecule has 0 aliphatic heterocycles. The van der Waals surface area contributed by atoms with E-state index in [0.717, 1.165) is 18.6 Å². The Morgan fingerprint density at radius 1 is 1.14 bits per heavy atom. The standard InChI is InChI=1S/C20H35F3N4O/c1-14(13-16(18(2,3)24-6)27-15-9-7-10-15)26-17(28)19(4,5)25-12-8-11-20(21,22)23/h13,15,24-25H,7-12H2,1-6H3,(H,26,28)/b14-13+,27-16?. The zero-order chi connectivity index (χ0) is 21.6. The number of alkyl halides is 3. The summed E-state index contributed by atoms with van der Waals surface area (Å²) in [7, 11) is 1.87. The summed E-state index contributed by atoms with van der Waals surface area (Å²) >= 11 is 0. The van der Waals surface area contributed by atoms with Crippen LogP contribution in [0.3, 0.4) is 0 Å². The van der Waals surface area contributed by atoms with E-state index < -0.39 is 18.1 Å². The van der Waals surface area contributed by atoms with Gasteiger partial charge in [-0.2, -0.15) is 13.2 Å². The predicted molar refractivity (Wildman–Crippen MR) is 107 cm³/mol. The first kappa shape index (κ1) is 24.6. The van der Waals surface area contributed by atoms with Crippen LogP contribution in [0.15, 0.2) is 16.8 Å². The Labute approximate surface area is 166 Å². The Kier molecular flexibility index (Phi) is 8.68. The quantitative estimate of drug-likeness (QED) is 0.384. The van der Waals surface area contributed by atoms with Crippen LogP contribution in [-0.4, -0.2) is 48.5 Å². The molecule has 0 unspecified atom stereocenters. The van der Waals surface area contributed by atoms with Crippen molar-refractivity contribution in [2.75, 3.05) is 13.6 Å². The van der Waals surface area contributed by atoms with Gasteiger partial charge in [-0.15, -0.1) is 0 Å². The van der Waals surface area contributed by atoms with Gasteiger partial charge in [0.1, 0.15) is 0 Å². The van der Waals surface area contributed by atoms with E-state index in [2.05, 4.69) is 16.0 Å². The Bertz CT molecular complexity index is 591. The van der Waals surface area contributed by atoms with Crippen molar-refractivity contribution in [1.82, 2.24) is 16.0 Å². The maximum absolute atomic E-state index is 12.6. The number of hydrogen-bond donors (Lipinski definition) is 3. The topological polar surface area (TPSA) is 65.5 Å². The van der Waals surface area contributed by atoms with Gasteiger partial charge in [0.25, 0.3) is 0 Å². The summed E-state index contributed by atoms with van der Waals surface area (Å²) in [6.45, 7) is 9.28. The highest BCUT2D eigenvalue weighted by molar-refractivity contribution is 6.03. The van der Waals surface area contributed by atoms with Crippen molar-refractivity contribution >= 4 is 11.6 Å². The van der Waals surface area contributed by atoms with Crippen LogP contribution in [0.1, 0.15) is 66.7 Å². The van der Waals surface area contributed by atoms with Crippen molar-refractivity contribution in [1.29, 1.82) is 0 Å². The molecule has 0 atom stereocenters. The average Bonchev–Trinajstić information content (AvgIpc) is 2.52. The second-order valence-electron chi connectivity index (χ2n) is 8.53. The van der Waals surface area contributed by atoms with Gasteiger partial charge in [0.15, 0.2) is 0 Å². The molecule has 3 N–H and O–H groups in total. The maximum Gasteiger partial charge on any atom is 0.389 e. The fraction of sp³-hybridized carbons (Fsp3) is 0.800. The zero-order valence-electron chi connectivity index (χ0n) is 17.9. The summed E-state index contributed by atoms with van der Waals surface area (Å²) in [6.07, 6.45) is 0.111. The van der Waals surface area contributed by atoms with E-state index in [1.165, 1.54) is 6.42 Å². The van der Waals surface area contributed by atoms with E-state index in [0.29, 0.717) is 11.7 Å². The molecule has 0 bridgehead atoms. The summed E-state index contributed by atoms with van der Waals surface area (Å²) < 4.78 is 36.7. The molecule has 5 nitrogen and oxygen atoms in total. The van der Waals surface area contributed by atoms with Crippen molar-refractivity contribution in [3.63, 3.8) is 0 Å². The van der Waals surface area contributed by atoms with E-state index in [1.807, 2.05) is 27.0 Å². The highest BCUT2D eigenvalue weighted by Gasteiger charge is 2.30. The summed E-state index contributed by atoms with van der Waals surface area (Å²) in [5.74, 6) is -0.293. The van der Waals surface area contributed by atoms with E-state index >= 15 is 0 Å². The molecule has 0 heterocycles. The van der Waals surface area contributed by atoms with Crippen molar-refractivity contribution in [2.45, 2.75) is 90.0 Å². The fourth-order valence-corrected chi connectivity index (χ4v) is 2.57. The molecule has 1 rings (SSSR count). The molecule has 0 aromatic carbocycles. The number of carbonyl (C=O) groups excluding carboxylic acids is 1. The van der Waals surface area contributed by atoms with Crippen molar-refractivity contribution in [2.24, 2.45) is 4.99 Å². The first-order valence-corrected chi connectivity index (χ1v) is 9.85. The van der Waals surface area contributed by atoms with Crippen molar-refractivity contribution in [3.8, 4) is 0 Å². The van der Waals surface area contributed by atoms with Crippen LogP contribution >= 0.6 is 0 Å². The molecule has 0 aromatic heterocycles. The number of carbonyl (C=O) groups is 1. The number of allylic oxidation sites excluding steroid dienone is 1. The molecule has 0 aromatic rings. The van der Waals surface area contributed by atoms with Gasteiger partial charge in [0.05, 0.1) is 22.8 Å². The number of nitrogens with zero attached hydrogens (tertiary/aromatic N) is 1. The summed E-state index contributed by atoms with van der Waals surface area (Å²) in [6, 6.07) is 0.328. The first-order chi connectivity index (χ1) is 12.8. The van der Waals surface area contributed by atoms with Gasteiger partial charge in [0.2, 0.25) is 5.91 Å². The number of nitrogens with one attached hydrogen (secondary N) is 3. The largest absolute Gasteiger partial charge is 0.389 e. The monoisotopic (exact) mass is 404 g/mol. The number of rotatable bonds is 10. The normalized spacial score (nSPS) is 17.5. The summed E-state index contributed by atoms with van der Waals surface area (Å²) in [5.41, 5.74) is 0.197. The minimum Gasteiger partial charge on any atom is -0.328 e. The zero-order valence-corrected chi connectivity index (χ0v) is 17.9. The van der Waals surface area contributed by atoms with Crippen molar-refractivity contribution < 1.29 is 18.0 Å². The summed E-state index contributed by atoms with van der Waals surface area (Å²) in [4.78, 5) is 17.4. The van der Waals surface area contributed by atoms with E-state index in [-0.39, 0.29) is 24.4 Å². The molecule has 0 radical (unpaired) electrons. The van der Waals surface area contributed by atoms with Gasteiger partial charge in [-0.05, 0) is 80.0 Å². The SMILES string of the molecule is CNC(C)(C)C(/C=C(\C)NC(=O)C(C)(C)NCCCC(F)(F)F)=NC1CCC1. The smallest absolute Gasteiger partial charge is 0.328 e. The second-order valence-corrected chi connectivity index (χ2v) is 8.53. The highest BCUT2D eigenvalue weighted by atomic mass is 19.4. The second kappa shape index (κ2) is 9.87. The average molecular weight is 405 g/mol. The minimum atomic E-state index is -4.18. The fourth-order valence-electron chi connectivity index (χ4n) is 2.57. The predicted octanol–water partition coefficient (Wildman–Crippen LogP) is 3.71. The number of halogens is 3. The molecule has 1 aliphatic rings. The molecule has 1 fully saturated rings. The molecule has 1 saturated carbocycles. The lowest BCUT2D eigenvalue weighted by Gasteiger charge is -2.30. The van der Waals surface area contributed by atoms with Crippen LogP contribution in [0.5, 0.6) is 0 Å². The Balaban J connectivity index is 2.72. The van der Waals surface area contributed by atoms with Crippen LogP contribution in [0.4, 0.5) is 13.2 Å². The first-order valence-electron chi connectivity index (χ1n) is 9.85. The third-order valence-electron chi connectivity index (χ3n) is 5.10. The highest BCUT2D eigenvalue weighted by Crippen LogP contribution is 2.24. The number of amides is 1. The number of aliphatic imine (C=N–C) groups is 1. The van der Waals surface area contributed by atoms with Gasteiger partial charge in [0, 0.05) is 12.1 Å². The molecule has 28 heavy (non-hydrogen) atoms. The molecule has 1 aliphatic carbocycles. The Hall–Kier alpha value is -1.41. The lowest BCUT2D eigenvalue weighted by molar-refractivity contribution is -0.135. The van der Waals surface area contributed by atoms with Gasteiger partial charge in [-0.1, -0.05) is 0 Å². The lowest BCUT2D eigenvalue weighted by atomic mass is 9.91.